The molecule has 0 aliphatic carbocycles. The van der Waals surface area contributed by atoms with Gasteiger partial charge in [-0.2, -0.15) is 0 Å². The van der Waals surface area contributed by atoms with Crippen molar-refractivity contribution in [3.05, 3.63) is 59.4 Å². The number of nitrogens with one attached hydrogen (secondary N) is 1. The van der Waals surface area contributed by atoms with E-state index in [4.69, 9.17) is 5.73 Å². The second-order valence-electron chi connectivity index (χ2n) is 4.95. The van der Waals surface area contributed by atoms with Gasteiger partial charge in [0.15, 0.2) is 11.7 Å². The molecule has 0 aliphatic rings. The maximum absolute atomic E-state index is 13.2. The molecule has 0 atom stereocenters. The largest absolute Gasteiger partial charge is 0.573 e. The first-order chi connectivity index (χ1) is 11.2. The molecule has 0 radical (unpaired) electrons. The third kappa shape index (κ3) is 6.77. The van der Waals surface area contributed by atoms with Crippen LogP contribution in [0.5, 0.6) is 5.75 Å². The van der Waals surface area contributed by atoms with E-state index in [1.54, 1.807) is 19.1 Å². The lowest BCUT2D eigenvalue weighted by Gasteiger charge is -2.14. The zero-order valence-corrected chi connectivity index (χ0v) is 15.4. The predicted molar refractivity (Wildman–Crippen MR) is 98.6 cm³/mol. The first-order valence-electron chi connectivity index (χ1n) is 6.91. The highest BCUT2D eigenvalue weighted by atomic mass is 127. The van der Waals surface area contributed by atoms with Crippen molar-refractivity contribution in [1.82, 2.24) is 0 Å². The van der Waals surface area contributed by atoms with Gasteiger partial charge < -0.3 is 15.8 Å². The quantitative estimate of drug-likeness (QED) is 0.299. The van der Waals surface area contributed by atoms with Crippen LogP contribution in [0.2, 0.25) is 0 Å². The van der Waals surface area contributed by atoms with Gasteiger partial charge in [0.05, 0.1) is 12.2 Å². The van der Waals surface area contributed by atoms with Crippen LogP contribution in [0.1, 0.15) is 11.1 Å². The Labute approximate surface area is 159 Å². The fraction of sp³-hybridized carbons (Fsp3) is 0.188. The fourth-order valence-electron chi connectivity index (χ4n) is 1.94. The van der Waals surface area contributed by atoms with Crippen LogP contribution in [0.4, 0.5) is 23.2 Å². The highest BCUT2D eigenvalue weighted by molar-refractivity contribution is 14.0. The van der Waals surface area contributed by atoms with Crippen molar-refractivity contribution < 1.29 is 22.3 Å². The second-order valence-corrected chi connectivity index (χ2v) is 4.95. The van der Waals surface area contributed by atoms with E-state index >= 15 is 0 Å². The maximum atomic E-state index is 13.2. The molecule has 0 heterocycles. The number of guanidine groups is 1. The number of alkyl halides is 3. The molecular weight excluding hydrogens is 453 g/mol. The fourth-order valence-corrected chi connectivity index (χ4v) is 1.94. The number of benzene rings is 2. The molecule has 0 aromatic heterocycles. The molecule has 2 aromatic carbocycles. The van der Waals surface area contributed by atoms with Crippen molar-refractivity contribution in [3.8, 4) is 5.75 Å². The summed E-state index contributed by atoms with van der Waals surface area (Å²) < 4.78 is 54.2. The number of hydrogen-bond donors (Lipinski definition) is 2. The molecule has 0 unspecified atom stereocenters. The molecule has 4 nitrogen and oxygen atoms in total. The molecule has 25 heavy (non-hydrogen) atoms. The summed E-state index contributed by atoms with van der Waals surface area (Å²) in [6.45, 7) is 1.77. The van der Waals surface area contributed by atoms with Crippen LogP contribution >= 0.6 is 24.0 Å². The van der Waals surface area contributed by atoms with E-state index in [0.29, 0.717) is 5.56 Å². The molecule has 3 N–H and O–H groups in total. The van der Waals surface area contributed by atoms with Gasteiger partial charge in [0.25, 0.3) is 0 Å². The second kappa shape index (κ2) is 8.88. The highest BCUT2D eigenvalue weighted by Crippen LogP contribution is 2.29. The number of nitrogens with zero attached hydrogens (tertiary/aromatic N) is 1. The summed E-state index contributed by atoms with van der Waals surface area (Å²) >= 11 is 0. The summed E-state index contributed by atoms with van der Waals surface area (Å²) in [6, 6.07) is 9.96. The van der Waals surface area contributed by atoms with E-state index < -0.39 is 12.1 Å². The predicted octanol–water partition coefficient (Wildman–Crippen LogP) is 4.58. The minimum absolute atomic E-state index is 0. The molecule has 136 valence electrons. The summed E-state index contributed by atoms with van der Waals surface area (Å²) in [5.74, 6) is -0.831. The Hall–Kier alpha value is -2.04. The Morgan fingerprint density at radius 3 is 2.52 bits per heavy atom. The maximum Gasteiger partial charge on any atom is 0.573 e. The number of aliphatic imine (C=N–C) groups is 1. The number of halogens is 5. The van der Waals surface area contributed by atoms with Gasteiger partial charge in [-0.05, 0) is 36.2 Å². The lowest BCUT2D eigenvalue weighted by atomic mass is 10.1. The Balaban J connectivity index is 0.00000312. The smallest absolute Gasteiger partial charge is 0.404 e. The first-order valence-corrected chi connectivity index (χ1v) is 6.91. The normalized spacial score (nSPS) is 11.6. The summed E-state index contributed by atoms with van der Waals surface area (Å²) in [7, 11) is 0. The number of para-hydroxylation sites is 2. The molecule has 0 bridgehead atoms. The number of rotatable bonds is 4. The minimum atomic E-state index is -4.81. The third-order valence-electron chi connectivity index (χ3n) is 3.03. The Morgan fingerprint density at radius 2 is 1.88 bits per heavy atom. The number of anilines is 1. The van der Waals surface area contributed by atoms with Gasteiger partial charge in [0.2, 0.25) is 0 Å². The highest BCUT2D eigenvalue weighted by Gasteiger charge is 2.32. The average molecular weight is 469 g/mol. The van der Waals surface area contributed by atoms with E-state index in [1.165, 1.54) is 24.3 Å². The van der Waals surface area contributed by atoms with Crippen LogP contribution in [-0.2, 0) is 6.54 Å². The van der Waals surface area contributed by atoms with Gasteiger partial charge in [0, 0.05) is 0 Å². The van der Waals surface area contributed by atoms with Crippen molar-refractivity contribution in [3.63, 3.8) is 0 Å². The van der Waals surface area contributed by atoms with Gasteiger partial charge >= 0.3 is 6.36 Å². The van der Waals surface area contributed by atoms with Gasteiger partial charge in [-0.15, -0.1) is 37.1 Å². The van der Waals surface area contributed by atoms with Crippen molar-refractivity contribution in [1.29, 1.82) is 0 Å². The molecule has 0 spiro atoms. The summed E-state index contributed by atoms with van der Waals surface area (Å²) in [5, 5.41) is 2.56. The zero-order chi connectivity index (χ0) is 17.7. The van der Waals surface area contributed by atoms with E-state index in [1.807, 2.05) is 0 Å². The molecule has 9 heteroatoms. The van der Waals surface area contributed by atoms with Crippen LogP contribution in [0, 0.1) is 12.7 Å². The van der Waals surface area contributed by atoms with E-state index in [9.17, 15) is 17.6 Å². The third-order valence-corrected chi connectivity index (χ3v) is 3.03. The number of nitrogens with two attached hydrogens (primary N) is 1. The minimum Gasteiger partial charge on any atom is -0.404 e. The van der Waals surface area contributed by atoms with Crippen LogP contribution < -0.4 is 15.8 Å². The standard InChI is InChI=1S/C16H15F4N3O.HI/c1-10-8-11(6-7-12(10)17)9-22-15(21)23-13-4-2-3-5-14(13)24-16(18,19)20;/h2-8H,9H2,1H3,(H3,21,22,23);1H. The molecule has 2 aromatic rings. The molecular formula is C16H16F4IN3O. The van der Waals surface area contributed by atoms with Gasteiger partial charge in [-0.3, -0.25) is 0 Å². The van der Waals surface area contributed by atoms with Crippen LogP contribution in [-0.4, -0.2) is 12.3 Å². The molecule has 0 fully saturated rings. The Bertz CT molecular complexity index is 750. The molecule has 0 saturated carbocycles. The first kappa shape index (κ1) is 21.0. The Morgan fingerprint density at radius 1 is 1.20 bits per heavy atom. The van der Waals surface area contributed by atoms with E-state index in [2.05, 4.69) is 15.0 Å². The summed E-state index contributed by atoms with van der Waals surface area (Å²) in [6.07, 6.45) is -4.81. The average Bonchev–Trinajstić information content (AvgIpc) is 2.49. The van der Waals surface area contributed by atoms with Gasteiger partial charge in [-0.1, -0.05) is 24.3 Å². The monoisotopic (exact) mass is 469 g/mol. The van der Waals surface area contributed by atoms with Crippen molar-refractivity contribution in [2.45, 2.75) is 19.8 Å². The number of aryl methyl sites for hydroxylation is 1. The van der Waals surface area contributed by atoms with Gasteiger partial charge in [-0.25, -0.2) is 9.38 Å². The van der Waals surface area contributed by atoms with Crippen molar-refractivity contribution >= 4 is 35.6 Å². The zero-order valence-electron chi connectivity index (χ0n) is 13.1. The summed E-state index contributed by atoms with van der Waals surface area (Å²) in [4.78, 5) is 4.02. The SMILES string of the molecule is Cc1cc(CN=C(N)Nc2ccccc2OC(F)(F)F)ccc1F.I. The lowest BCUT2D eigenvalue weighted by Crippen LogP contribution is -2.24. The number of ether oxygens (including phenoxy) is 1. The van der Waals surface area contributed by atoms with E-state index in [-0.39, 0.29) is 48.0 Å². The Kier molecular flexibility index (Phi) is 7.46. The van der Waals surface area contributed by atoms with Crippen LogP contribution in [0.3, 0.4) is 0 Å². The molecule has 0 amide bonds. The van der Waals surface area contributed by atoms with Crippen molar-refractivity contribution in [2.75, 3.05) is 5.32 Å². The summed E-state index contributed by atoms with van der Waals surface area (Å²) in [5.41, 5.74) is 6.91. The van der Waals surface area contributed by atoms with Crippen LogP contribution in [0.15, 0.2) is 47.5 Å². The molecule has 0 saturated heterocycles. The molecule has 2 rings (SSSR count). The molecule has 0 aliphatic heterocycles. The number of hydrogen-bond acceptors (Lipinski definition) is 2. The lowest BCUT2D eigenvalue weighted by molar-refractivity contribution is -0.274. The van der Waals surface area contributed by atoms with Crippen LogP contribution in [0.25, 0.3) is 0 Å². The van der Waals surface area contributed by atoms with Crippen molar-refractivity contribution in [2.24, 2.45) is 10.7 Å². The topological polar surface area (TPSA) is 59.6 Å². The van der Waals surface area contributed by atoms with E-state index in [0.717, 1.165) is 11.6 Å². The van der Waals surface area contributed by atoms with Gasteiger partial charge in [0.1, 0.15) is 5.82 Å².